The number of hydrogen-bond donors (Lipinski definition) is 2. The molecule has 26 heavy (non-hydrogen) atoms. The van der Waals surface area contributed by atoms with Crippen molar-refractivity contribution >= 4 is 34.6 Å². The van der Waals surface area contributed by atoms with Gasteiger partial charge >= 0.3 is 0 Å². The summed E-state index contributed by atoms with van der Waals surface area (Å²) < 4.78 is 0. The molecule has 0 atom stereocenters. The minimum absolute atomic E-state index is 0.547. The van der Waals surface area contributed by atoms with Gasteiger partial charge in [0, 0.05) is 23.8 Å². The van der Waals surface area contributed by atoms with Gasteiger partial charge in [0.25, 0.3) is 0 Å². The van der Waals surface area contributed by atoms with Crippen LogP contribution in [0.4, 0.5) is 23.0 Å². The van der Waals surface area contributed by atoms with Crippen LogP contribution >= 0.6 is 11.6 Å². The lowest BCUT2D eigenvalue weighted by Gasteiger charge is -2.30. The molecule has 1 aromatic heterocycles. The number of rotatable bonds is 3. The number of nitrogen functional groups attached to an aromatic ring is 1. The van der Waals surface area contributed by atoms with E-state index < -0.39 is 0 Å². The van der Waals surface area contributed by atoms with Gasteiger partial charge in [-0.2, -0.15) is 0 Å². The average molecular weight is 366 g/mol. The van der Waals surface area contributed by atoms with Gasteiger partial charge in [0.2, 0.25) is 0 Å². The Hall–Kier alpha value is -2.79. The van der Waals surface area contributed by atoms with Crippen molar-refractivity contribution in [2.24, 2.45) is 0 Å². The van der Waals surface area contributed by atoms with Crippen molar-refractivity contribution in [1.82, 2.24) is 9.97 Å². The highest BCUT2D eigenvalue weighted by Crippen LogP contribution is 2.33. The molecule has 0 aliphatic carbocycles. The summed E-state index contributed by atoms with van der Waals surface area (Å²) in [6.45, 7) is 3.64. The van der Waals surface area contributed by atoms with Crippen molar-refractivity contribution in [2.45, 2.75) is 19.9 Å². The SMILES string of the molecule is Cc1c(Cl)cccc1Nc1ncnc(N2CCc3ccccc3C2)c1N. The van der Waals surface area contributed by atoms with Crippen molar-refractivity contribution in [3.05, 3.63) is 70.5 Å². The van der Waals surface area contributed by atoms with Crippen LogP contribution in [-0.4, -0.2) is 16.5 Å². The first kappa shape index (κ1) is 16.7. The monoisotopic (exact) mass is 365 g/mol. The number of fused-ring (bicyclic) bond motifs is 1. The third kappa shape index (κ3) is 3.06. The molecule has 0 amide bonds. The first-order chi connectivity index (χ1) is 12.6. The van der Waals surface area contributed by atoms with Gasteiger partial charge < -0.3 is 16.0 Å². The van der Waals surface area contributed by atoms with Crippen molar-refractivity contribution < 1.29 is 0 Å². The minimum atomic E-state index is 0.547. The largest absolute Gasteiger partial charge is 0.393 e. The number of nitrogens with zero attached hydrogens (tertiary/aromatic N) is 3. The first-order valence-corrected chi connectivity index (χ1v) is 8.95. The molecule has 0 saturated carbocycles. The molecule has 0 unspecified atom stereocenters. The molecule has 132 valence electrons. The molecule has 0 saturated heterocycles. The highest BCUT2D eigenvalue weighted by Gasteiger charge is 2.21. The van der Waals surface area contributed by atoms with E-state index in [9.17, 15) is 0 Å². The van der Waals surface area contributed by atoms with Crippen LogP contribution in [0, 0.1) is 6.92 Å². The number of hydrogen-bond acceptors (Lipinski definition) is 5. The molecule has 3 aromatic rings. The molecular formula is C20H20ClN5. The smallest absolute Gasteiger partial charge is 0.159 e. The zero-order valence-electron chi connectivity index (χ0n) is 14.5. The molecule has 2 heterocycles. The van der Waals surface area contributed by atoms with Crippen LogP contribution in [0.1, 0.15) is 16.7 Å². The Balaban J connectivity index is 1.63. The summed E-state index contributed by atoms with van der Waals surface area (Å²) in [6.07, 6.45) is 2.53. The fourth-order valence-electron chi connectivity index (χ4n) is 3.28. The molecule has 0 fully saturated rings. The number of anilines is 4. The normalized spacial score (nSPS) is 13.4. The van der Waals surface area contributed by atoms with Gasteiger partial charge in [-0.25, -0.2) is 9.97 Å². The Kier molecular flexibility index (Phi) is 4.39. The van der Waals surface area contributed by atoms with Crippen LogP contribution in [0.25, 0.3) is 0 Å². The second kappa shape index (κ2) is 6.84. The van der Waals surface area contributed by atoms with Crippen LogP contribution in [0.3, 0.4) is 0 Å². The Morgan fingerprint density at radius 1 is 1.08 bits per heavy atom. The van der Waals surface area contributed by atoms with Crippen LogP contribution in [0.5, 0.6) is 0 Å². The molecule has 1 aliphatic heterocycles. The zero-order chi connectivity index (χ0) is 18.1. The summed E-state index contributed by atoms with van der Waals surface area (Å²) >= 11 is 6.21. The van der Waals surface area contributed by atoms with Crippen molar-refractivity contribution in [3.63, 3.8) is 0 Å². The lowest BCUT2D eigenvalue weighted by atomic mass is 10.00. The number of nitrogens with one attached hydrogen (secondary N) is 1. The predicted molar refractivity (Wildman–Crippen MR) is 107 cm³/mol. The quantitative estimate of drug-likeness (QED) is 0.723. The standard InChI is InChI=1S/C20H20ClN5/c1-13-16(21)7-4-8-17(13)25-19-18(22)20(24-12-23-19)26-10-9-14-5-2-3-6-15(14)11-26/h2-8,12H,9-11,22H2,1H3,(H,23,24,25). The first-order valence-electron chi connectivity index (χ1n) is 8.58. The summed E-state index contributed by atoms with van der Waals surface area (Å²) in [7, 11) is 0. The summed E-state index contributed by atoms with van der Waals surface area (Å²) in [5.41, 5.74) is 11.5. The van der Waals surface area contributed by atoms with Crippen LogP contribution in [0.2, 0.25) is 5.02 Å². The van der Waals surface area contributed by atoms with Gasteiger partial charge in [0.15, 0.2) is 11.6 Å². The molecule has 0 spiro atoms. The maximum absolute atomic E-state index is 6.41. The molecule has 0 radical (unpaired) electrons. The summed E-state index contributed by atoms with van der Waals surface area (Å²) in [5, 5.41) is 4.00. The lowest BCUT2D eigenvalue weighted by molar-refractivity contribution is 0.721. The highest BCUT2D eigenvalue weighted by atomic mass is 35.5. The summed E-state index contributed by atoms with van der Waals surface area (Å²) in [6, 6.07) is 14.2. The zero-order valence-corrected chi connectivity index (χ0v) is 15.3. The van der Waals surface area contributed by atoms with E-state index in [4.69, 9.17) is 17.3 Å². The fourth-order valence-corrected chi connectivity index (χ4v) is 3.46. The van der Waals surface area contributed by atoms with Gasteiger partial charge in [0.1, 0.15) is 12.0 Å². The third-order valence-electron chi connectivity index (χ3n) is 4.81. The molecule has 2 aromatic carbocycles. The van der Waals surface area contributed by atoms with Crippen molar-refractivity contribution in [3.8, 4) is 0 Å². The lowest BCUT2D eigenvalue weighted by Crippen LogP contribution is -2.31. The number of halogens is 1. The van der Waals surface area contributed by atoms with Crippen LogP contribution < -0.4 is 16.0 Å². The van der Waals surface area contributed by atoms with E-state index in [0.717, 1.165) is 36.6 Å². The van der Waals surface area contributed by atoms with Gasteiger partial charge in [-0.15, -0.1) is 0 Å². The molecule has 6 heteroatoms. The topological polar surface area (TPSA) is 67.1 Å². The van der Waals surface area contributed by atoms with Crippen molar-refractivity contribution in [1.29, 1.82) is 0 Å². The molecule has 0 bridgehead atoms. The number of benzene rings is 2. The average Bonchev–Trinajstić information content (AvgIpc) is 2.66. The summed E-state index contributed by atoms with van der Waals surface area (Å²) in [4.78, 5) is 11.0. The van der Waals surface area contributed by atoms with Crippen LogP contribution in [0.15, 0.2) is 48.8 Å². The second-order valence-corrected chi connectivity index (χ2v) is 6.84. The van der Waals surface area contributed by atoms with Crippen LogP contribution in [-0.2, 0) is 13.0 Å². The van der Waals surface area contributed by atoms with E-state index in [1.54, 1.807) is 6.33 Å². The highest BCUT2D eigenvalue weighted by molar-refractivity contribution is 6.31. The third-order valence-corrected chi connectivity index (χ3v) is 5.22. The maximum Gasteiger partial charge on any atom is 0.159 e. The Morgan fingerprint density at radius 2 is 1.88 bits per heavy atom. The second-order valence-electron chi connectivity index (χ2n) is 6.44. The van der Waals surface area contributed by atoms with E-state index in [0.29, 0.717) is 16.5 Å². The van der Waals surface area contributed by atoms with Gasteiger partial charge in [-0.3, -0.25) is 0 Å². The molecular weight excluding hydrogens is 346 g/mol. The van der Waals surface area contributed by atoms with Gasteiger partial charge in [-0.1, -0.05) is 41.9 Å². The Morgan fingerprint density at radius 3 is 2.73 bits per heavy atom. The molecule has 5 nitrogen and oxygen atoms in total. The van der Waals surface area contributed by atoms with E-state index >= 15 is 0 Å². The molecule has 4 rings (SSSR count). The van der Waals surface area contributed by atoms with Gasteiger partial charge in [0.05, 0.1) is 0 Å². The predicted octanol–water partition coefficient (Wildman–Crippen LogP) is 4.33. The van der Waals surface area contributed by atoms with E-state index in [1.807, 2.05) is 25.1 Å². The van der Waals surface area contributed by atoms with E-state index in [2.05, 4.69) is 44.5 Å². The van der Waals surface area contributed by atoms with Gasteiger partial charge in [-0.05, 0) is 42.2 Å². The minimum Gasteiger partial charge on any atom is -0.393 e. The van der Waals surface area contributed by atoms with E-state index in [-0.39, 0.29) is 0 Å². The fraction of sp³-hybridized carbons (Fsp3) is 0.200. The maximum atomic E-state index is 6.41. The van der Waals surface area contributed by atoms with Crippen molar-refractivity contribution in [2.75, 3.05) is 22.5 Å². The van der Waals surface area contributed by atoms with E-state index in [1.165, 1.54) is 11.1 Å². The number of nitrogens with two attached hydrogens (primary N) is 1. The molecule has 1 aliphatic rings. The summed E-state index contributed by atoms with van der Waals surface area (Å²) in [5.74, 6) is 1.36. The Bertz CT molecular complexity index is 957. The number of aromatic nitrogens is 2. The molecule has 3 N–H and O–H groups in total. The Labute approximate surface area is 157 Å².